The Morgan fingerprint density at radius 1 is 0.615 bits per heavy atom. The fraction of sp³-hybridized carbons (Fsp3) is 0.245. The number of halogens is 2. The fourth-order valence-corrected chi connectivity index (χ4v) is 18.7. The maximum atomic E-state index is 2.84. The van der Waals surface area contributed by atoms with E-state index in [2.05, 4.69) is 174 Å². The van der Waals surface area contributed by atoms with Crippen molar-refractivity contribution in [2.24, 2.45) is 5.92 Å². The predicted molar refractivity (Wildman–Crippen MR) is 212 cm³/mol. The zero-order chi connectivity index (χ0) is 34.7. The molecule has 0 aliphatic heterocycles. The van der Waals surface area contributed by atoms with Crippen molar-refractivity contribution in [3.8, 4) is 11.1 Å². The molecule has 0 radical (unpaired) electrons. The Balaban J connectivity index is 0.00000210. The SMILES string of the molecule is CC1=CC(C)(C)c2cc3c(cc21)-c1cc2c(cc1[CH]3/[Zr+2](=[CH]/c1cccc3ccccc13)[C]1=C(C)C(c3ccccc3)=CC1C)C(C)(C)C=C2C.[Cl-].[Cl-]. The average molecular weight is 797 g/mol. The zero-order valence-corrected chi connectivity index (χ0v) is 35.4. The van der Waals surface area contributed by atoms with E-state index >= 15 is 0 Å². The molecule has 5 aromatic rings. The van der Waals surface area contributed by atoms with Crippen LogP contribution < -0.4 is 24.8 Å². The summed E-state index contributed by atoms with van der Waals surface area (Å²) in [4.78, 5) is 0. The first kappa shape index (κ1) is 37.0. The number of hydrogen-bond donors (Lipinski definition) is 0. The maximum absolute atomic E-state index is 2.84. The molecule has 52 heavy (non-hydrogen) atoms. The van der Waals surface area contributed by atoms with Crippen LogP contribution in [0.5, 0.6) is 0 Å². The van der Waals surface area contributed by atoms with Gasteiger partial charge in [0.1, 0.15) is 0 Å². The standard InChI is InChI=1S/C25H25.C13H13.C11H8.2ClH.Zr/c1-14-12-24(3,4)22-8-16-7-17-9-23-19(15(2)13-25(23,5)6)11-21(17)20(16)10-18(14)22;1-10-8-11(2)13(9-10)12-6-4-3-5-7-12;1-9-5-4-7-10-6-2-3-8-11(9)10;;;/h7-13H,1-6H3;3-7,9-10H,1-2H3;1-8H;2*1H;/q;;;;;+2/p-2. The van der Waals surface area contributed by atoms with Crippen molar-refractivity contribution in [2.75, 3.05) is 0 Å². The van der Waals surface area contributed by atoms with Crippen molar-refractivity contribution in [2.45, 2.75) is 69.8 Å². The van der Waals surface area contributed by atoms with Gasteiger partial charge in [0.2, 0.25) is 0 Å². The Labute approximate surface area is 330 Å². The monoisotopic (exact) mass is 794 g/mol. The molecule has 260 valence electrons. The Kier molecular flexibility index (Phi) is 9.39. The molecule has 4 aliphatic rings. The first-order valence-electron chi connectivity index (χ1n) is 18.4. The normalized spacial score (nSPS) is 18.9. The van der Waals surface area contributed by atoms with Crippen LogP contribution >= 0.6 is 0 Å². The molecule has 9 rings (SSSR count). The van der Waals surface area contributed by atoms with Crippen molar-refractivity contribution >= 4 is 31.2 Å². The molecule has 0 spiro atoms. The second kappa shape index (κ2) is 13.2. The molecule has 0 aromatic heterocycles. The summed E-state index contributed by atoms with van der Waals surface area (Å²) in [6, 6.07) is 37.5. The summed E-state index contributed by atoms with van der Waals surface area (Å²) in [5.41, 5.74) is 20.5. The van der Waals surface area contributed by atoms with E-state index in [9.17, 15) is 0 Å². The Bertz CT molecular complexity index is 2380. The Morgan fingerprint density at radius 3 is 1.75 bits per heavy atom. The van der Waals surface area contributed by atoms with Gasteiger partial charge in [-0.1, -0.05) is 0 Å². The van der Waals surface area contributed by atoms with Gasteiger partial charge in [-0.15, -0.1) is 0 Å². The summed E-state index contributed by atoms with van der Waals surface area (Å²) in [6.07, 6.45) is 7.56. The predicted octanol–water partition coefficient (Wildman–Crippen LogP) is 6.78. The minimum absolute atomic E-state index is 0. The third-order valence-corrected chi connectivity index (χ3v) is 20.4. The van der Waals surface area contributed by atoms with E-state index in [-0.39, 0.29) is 35.6 Å². The molecule has 5 aromatic carbocycles. The largest absolute Gasteiger partial charge is 1.00 e. The van der Waals surface area contributed by atoms with Crippen LogP contribution in [0.1, 0.15) is 104 Å². The van der Waals surface area contributed by atoms with Crippen LogP contribution in [0.2, 0.25) is 0 Å². The van der Waals surface area contributed by atoms with Crippen LogP contribution in [0, 0.1) is 5.92 Å². The molecule has 0 saturated heterocycles. The zero-order valence-electron chi connectivity index (χ0n) is 31.5. The Hall–Kier alpha value is -3.35. The van der Waals surface area contributed by atoms with Gasteiger partial charge in [0, 0.05) is 0 Å². The molecule has 3 heteroatoms. The second-order valence-electron chi connectivity index (χ2n) is 16.4. The molecule has 0 N–H and O–H groups in total. The minimum atomic E-state index is -2.80. The third-order valence-electron chi connectivity index (χ3n) is 12.2. The quantitative estimate of drug-likeness (QED) is 0.188. The summed E-state index contributed by atoms with van der Waals surface area (Å²) in [5.74, 6) is 0.405. The summed E-state index contributed by atoms with van der Waals surface area (Å²) < 4.78 is 4.97. The van der Waals surface area contributed by atoms with E-state index in [0.717, 1.165) is 0 Å². The smallest absolute Gasteiger partial charge is 1.00 e. The Morgan fingerprint density at radius 2 is 1.15 bits per heavy atom. The molecular formula is C49H46Cl2Zr. The van der Waals surface area contributed by atoms with Gasteiger partial charge in [0.05, 0.1) is 0 Å². The second-order valence-corrected chi connectivity index (χ2v) is 22.1. The number of fused-ring (bicyclic) bond motifs is 6. The fourth-order valence-electron chi connectivity index (χ4n) is 10.0. The number of rotatable bonds is 4. The van der Waals surface area contributed by atoms with Crippen molar-refractivity contribution in [1.29, 1.82) is 0 Å². The molecule has 0 fully saturated rings. The van der Waals surface area contributed by atoms with Gasteiger partial charge in [-0.25, -0.2) is 0 Å². The van der Waals surface area contributed by atoms with Crippen molar-refractivity contribution in [3.63, 3.8) is 0 Å². The van der Waals surface area contributed by atoms with E-state index in [4.69, 9.17) is 0 Å². The first-order valence-corrected chi connectivity index (χ1v) is 22.4. The van der Waals surface area contributed by atoms with E-state index in [1.807, 2.05) is 0 Å². The van der Waals surface area contributed by atoms with Crippen LogP contribution in [0.15, 0.2) is 124 Å². The third kappa shape index (κ3) is 5.61. The number of benzene rings is 5. The number of allylic oxidation sites excluding steroid dienone is 8. The van der Waals surface area contributed by atoms with E-state index < -0.39 is 21.3 Å². The topological polar surface area (TPSA) is 0 Å². The van der Waals surface area contributed by atoms with E-state index in [0.29, 0.717) is 9.54 Å². The average Bonchev–Trinajstić information content (AvgIpc) is 3.73. The minimum Gasteiger partial charge on any atom is -1.00 e. The van der Waals surface area contributed by atoms with E-state index in [1.165, 1.54) is 77.6 Å². The molecule has 1 atom stereocenters. The summed E-state index contributed by atoms with van der Waals surface area (Å²) in [5, 5.41) is 2.70. The molecular weight excluding hydrogens is 751 g/mol. The molecule has 0 nitrogen and oxygen atoms in total. The van der Waals surface area contributed by atoms with Gasteiger partial charge >= 0.3 is 308 Å². The van der Waals surface area contributed by atoms with Gasteiger partial charge in [-0.3, -0.25) is 0 Å². The van der Waals surface area contributed by atoms with Crippen LogP contribution in [0.25, 0.3) is 38.6 Å². The molecule has 0 saturated carbocycles. The molecule has 0 heterocycles. The van der Waals surface area contributed by atoms with Crippen molar-refractivity contribution < 1.29 is 46.1 Å². The maximum Gasteiger partial charge on any atom is -1.00 e. The van der Waals surface area contributed by atoms with Crippen molar-refractivity contribution in [3.05, 3.63) is 169 Å². The summed E-state index contributed by atoms with van der Waals surface area (Å²) in [7, 11) is 0. The van der Waals surface area contributed by atoms with Gasteiger partial charge in [0.15, 0.2) is 0 Å². The van der Waals surface area contributed by atoms with Crippen LogP contribution in [-0.4, -0.2) is 3.71 Å². The van der Waals surface area contributed by atoms with Crippen LogP contribution in [-0.2, 0) is 32.1 Å². The van der Waals surface area contributed by atoms with Gasteiger partial charge in [-0.05, 0) is 0 Å². The summed E-state index contributed by atoms with van der Waals surface area (Å²) in [6.45, 7) is 19.1. The summed E-state index contributed by atoms with van der Waals surface area (Å²) >= 11 is -2.80. The molecule has 1 unspecified atom stereocenters. The molecule has 4 aliphatic carbocycles. The van der Waals surface area contributed by atoms with Gasteiger partial charge in [-0.2, -0.15) is 0 Å². The molecule has 0 amide bonds. The van der Waals surface area contributed by atoms with Crippen LogP contribution in [0.4, 0.5) is 0 Å². The first-order chi connectivity index (χ1) is 23.9. The number of hydrogen-bond acceptors (Lipinski definition) is 0. The van der Waals surface area contributed by atoms with Gasteiger partial charge < -0.3 is 24.8 Å². The van der Waals surface area contributed by atoms with Crippen molar-refractivity contribution in [1.82, 2.24) is 0 Å². The molecule has 0 bridgehead atoms. The van der Waals surface area contributed by atoms with Gasteiger partial charge in [0.25, 0.3) is 0 Å². The van der Waals surface area contributed by atoms with Crippen LogP contribution in [0.3, 0.4) is 0 Å². The van der Waals surface area contributed by atoms with E-state index in [1.54, 1.807) is 14.4 Å².